The van der Waals surface area contributed by atoms with E-state index in [9.17, 15) is 21.6 Å². The fourth-order valence-electron chi connectivity index (χ4n) is 3.54. The van der Waals surface area contributed by atoms with Gasteiger partial charge in [0, 0.05) is 24.9 Å². The Bertz CT molecular complexity index is 1390. The van der Waals surface area contributed by atoms with Gasteiger partial charge in [0.15, 0.2) is 24.8 Å². The molecule has 1 heterocycles. The van der Waals surface area contributed by atoms with Crippen molar-refractivity contribution < 1.29 is 21.6 Å². The topological polar surface area (TPSA) is 105 Å². The van der Waals surface area contributed by atoms with Crippen molar-refractivity contribution in [2.24, 2.45) is 0 Å². The quantitative estimate of drug-likeness (QED) is 0.401. The predicted octanol–water partition coefficient (Wildman–Crippen LogP) is 3.48. The van der Waals surface area contributed by atoms with Gasteiger partial charge in [-0.25, -0.2) is 21.8 Å². The van der Waals surface area contributed by atoms with Gasteiger partial charge in [0.1, 0.15) is 5.52 Å². The number of fused-ring (bicyclic) bond motifs is 1. The highest BCUT2D eigenvalue weighted by Crippen LogP contribution is 2.33. The maximum Gasteiger partial charge on any atom is 0.260 e. The minimum Gasteiger partial charge on any atom is -0.302 e. The highest BCUT2D eigenvalue weighted by Gasteiger charge is 2.25. The van der Waals surface area contributed by atoms with E-state index in [4.69, 9.17) is 0 Å². The zero-order valence-electron chi connectivity index (χ0n) is 19.7. The Morgan fingerprint density at radius 3 is 2.26 bits per heavy atom. The van der Waals surface area contributed by atoms with Crippen LogP contribution in [0.25, 0.3) is 10.2 Å². The number of likely N-dealkylation sites (N-methyl/N-ethyl adjacent to an activating group) is 1. The molecule has 0 aliphatic rings. The molecule has 1 amide bonds. The van der Waals surface area contributed by atoms with E-state index in [1.54, 1.807) is 31.2 Å². The monoisotopic (exact) mass is 523 g/mol. The number of sulfone groups is 2. The Morgan fingerprint density at radius 1 is 0.971 bits per heavy atom. The van der Waals surface area contributed by atoms with Gasteiger partial charge >= 0.3 is 0 Å². The minimum atomic E-state index is -3.51. The number of hydrogen-bond donors (Lipinski definition) is 0. The van der Waals surface area contributed by atoms with Crippen molar-refractivity contribution in [2.75, 3.05) is 43.1 Å². The SMILES string of the molecule is CCN(CC)CCN(C(=O)c1cccc(S(=O)(=O)CC)c1)c1nc2c(S(C)(=O)=O)cccc2s1. The normalized spacial score (nSPS) is 12.4. The van der Waals surface area contributed by atoms with Gasteiger partial charge in [-0.15, -0.1) is 0 Å². The summed E-state index contributed by atoms with van der Waals surface area (Å²) in [5, 5.41) is 0.368. The molecule has 34 heavy (non-hydrogen) atoms. The predicted molar refractivity (Wildman–Crippen MR) is 136 cm³/mol. The third kappa shape index (κ3) is 5.65. The van der Waals surface area contributed by atoms with Crippen molar-refractivity contribution in [3.05, 3.63) is 48.0 Å². The Morgan fingerprint density at radius 2 is 1.65 bits per heavy atom. The number of aromatic nitrogens is 1. The Hall–Kier alpha value is -2.34. The van der Waals surface area contributed by atoms with Crippen LogP contribution in [0.1, 0.15) is 31.1 Å². The average molecular weight is 524 g/mol. The molecule has 0 aliphatic heterocycles. The van der Waals surface area contributed by atoms with E-state index < -0.39 is 19.7 Å². The molecule has 3 rings (SSSR count). The fourth-order valence-corrected chi connectivity index (χ4v) is 6.38. The minimum absolute atomic E-state index is 0.0670. The van der Waals surface area contributed by atoms with Crippen molar-refractivity contribution in [2.45, 2.75) is 30.6 Å². The molecule has 0 fully saturated rings. The van der Waals surface area contributed by atoms with Crippen LogP contribution in [-0.2, 0) is 19.7 Å². The molecule has 2 aromatic carbocycles. The lowest BCUT2D eigenvalue weighted by Crippen LogP contribution is -2.39. The molecule has 0 atom stereocenters. The molecule has 0 aliphatic carbocycles. The number of carbonyl (C=O) groups is 1. The van der Waals surface area contributed by atoms with E-state index in [1.165, 1.54) is 34.4 Å². The molecule has 0 spiro atoms. The molecule has 1 aromatic heterocycles. The number of thiazole rings is 1. The summed E-state index contributed by atoms with van der Waals surface area (Å²) in [5.74, 6) is -0.456. The number of carbonyl (C=O) groups excluding carboxylic acids is 1. The number of rotatable bonds is 10. The summed E-state index contributed by atoms with van der Waals surface area (Å²) >= 11 is 1.23. The highest BCUT2D eigenvalue weighted by atomic mass is 32.2. The van der Waals surface area contributed by atoms with Crippen LogP contribution < -0.4 is 4.90 Å². The van der Waals surface area contributed by atoms with E-state index in [1.807, 2.05) is 13.8 Å². The van der Waals surface area contributed by atoms with Crippen molar-refractivity contribution >= 4 is 52.3 Å². The van der Waals surface area contributed by atoms with E-state index in [-0.39, 0.29) is 27.0 Å². The van der Waals surface area contributed by atoms with Crippen molar-refractivity contribution in [3.8, 4) is 0 Å². The molecule has 8 nitrogen and oxygen atoms in total. The van der Waals surface area contributed by atoms with Crippen molar-refractivity contribution in [3.63, 3.8) is 0 Å². The van der Waals surface area contributed by atoms with Crippen LogP contribution in [-0.4, -0.2) is 70.8 Å². The van der Waals surface area contributed by atoms with Crippen LogP contribution in [0.5, 0.6) is 0 Å². The average Bonchev–Trinajstić information content (AvgIpc) is 3.25. The van der Waals surface area contributed by atoms with Gasteiger partial charge in [-0.3, -0.25) is 9.69 Å². The van der Waals surface area contributed by atoms with E-state index in [2.05, 4.69) is 9.88 Å². The van der Waals surface area contributed by atoms with Gasteiger partial charge in [0.25, 0.3) is 5.91 Å². The van der Waals surface area contributed by atoms with Gasteiger partial charge in [-0.05, 0) is 43.4 Å². The summed E-state index contributed by atoms with van der Waals surface area (Å²) in [6, 6.07) is 10.9. The maximum absolute atomic E-state index is 13.6. The number of benzene rings is 2. The smallest absolute Gasteiger partial charge is 0.260 e. The molecule has 11 heteroatoms. The number of hydrogen-bond acceptors (Lipinski definition) is 8. The molecule has 184 valence electrons. The molecule has 0 bridgehead atoms. The Labute approximate surface area is 205 Å². The van der Waals surface area contributed by atoms with Gasteiger partial charge in [-0.2, -0.15) is 0 Å². The lowest BCUT2D eigenvalue weighted by molar-refractivity contribution is 0.0983. The zero-order chi connectivity index (χ0) is 25.1. The lowest BCUT2D eigenvalue weighted by atomic mass is 10.2. The van der Waals surface area contributed by atoms with Gasteiger partial charge in [0.2, 0.25) is 0 Å². The standard InChI is InChI=1S/C23H29N3O5S3/c1-5-25(6-2)14-15-26(22(27)17-10-8-11-18(16-17)34(30,31)7-3)23-24-21-19(32-23)12-9-13-20(21)33(4,28)29/h8-13,16H,5-7,14-15H2,1-4H3. The molecule has 0 saturated carbocycles. The van der Waals surface area contributed by atoms with Gasteiger partial charge < -0.3 is 4.90 Å². The Kier molecular flexibility index (Phi) is 8.12. The Balaban J connectivity index is 2.10. The first-order chi connectivity index (χ1) is 16.0. The van der Waals surface area contributed by atoms with Crippen LogP contribution in [0.3, 0.4) is 0 Å². The summed E-state index contributed by atoms with van der Waals surface area (Å²) in [4.78, 5) is 22.0. The molecular formula is C23H29N3O5S3. The molecule has 0 unspecified atom stereocenters. The second-order valence-electron chi connectivity index (χ2n) is 7.79. The van der Waals surface area contributed by atoms with Crippen LogP contribution in [0.4, 0.5) is 5.13 Å². The summed E-state index contributed by atoms with van der Waals surface area (Å²) in [5.41, 5.74) is 0.560. The fraction of sp³-hybridized carbons (Fsp3) is 0.391. The van der Waals surface area contributed by atoms with Gasteiger partial charge in [-0.1, -0.05) is 44.2 Å². The van der Waals surface area contributed by atoms with Crippen LogP contribution >= 0.6 is 11.3 Å². The maximum atomic E-state index is 13.6. The third-order valence-electron chi connectivity index (χ3n) is 5.60. The summed E-state index contributed by atoms with van der Waals surface area (Å²) < 4.78 is 49.9. The zero-order valence-corrected chi connectivity index (χ0v) is 22.1. The van der Waals surface area contributed by atoms with E-state index >= 15 is 0 Å². The lowest BCUT2D eigenvalue weighted by Gasteiger charge is -2.25. The first-order valence-corrected chi connectivity index (χ1v) is 15.3. The summed E-state index contributed by atoms with van der Waals surface area (Å²) in [6.07, 6.45) is 1.13. The highest BCUT2D eigenvalue weighted by molar-refractivity contribution is 7.91. The van der Waals surface area contributed by atoms with E-state index in [0.717, 1.165) is 19.3 Å². The number of amides is 1. The second kappa shape index (κ2) is 10.5. The number of anilines is 1. The molecule has 0 radical (unpaired) electrons. The first kappa shape index (κ1) is 26.3. The molecule has 0 N–H and O–H groups in total. The summed E-state index contributed by atoms with van der Waals surface area (Å²) in [7, 11) is -6.99. The molecule has 0 saturated heterocycles. The first-order valence-electron chi connectivity index (χ1n) is 11.0. The third-order valence-corrected chi connectivity index (χ3v) is 9.50. The molecular weight excluding hydrogens is 494 g/mol. The number of para-hydroxylation sites is 1. The van der Waals surface area contributed by atoms with Crippen molar-refractivity contribution in [1.29, 1.82) is 0 Å². The summed E-state index contributed by atoms with van der Waals surface area (Å²) in [6.45, 7) is 8.14. The van der Waals surface area contributed by atoms with Crippen molar-refractivity contribution in [1.82, 2.24) is 9.88 Å². The molecule has 3 aromatic rings. The van der Waals surface area contributed by atoms with Crippen LogP contribution in [0.15, 0.2) is 52.3 Å². The van der Waals surface area contributed by atoms with Gasteiger partial charge in [0.05, 0.1) is 20.2 Å². The number of nitrogens with zero attached hydrogens (tertiary/aromatic N) is 3. The van der Waals surface area contributed by atoms with Crippen LogP contribution in [0, 0.1) is 0 Å². The largest absolute Gasteiger partial charge is 0.302 e. The van der Waals surface area contributed by atoms with Crippen LogP contribution in [0.2, 0.25) is 0 Å². The second-order valence-corrected chi connectivity index (χ2v) is 13.1. The van der Waals surface area contributed by atoms with E-state index in [0.29, 0.717) is 28.4 Å².